The van der Waals surface area contributed by atoms with Gasteiger partial charge in [-0.15, -0.1) is 0 Å². The van der Waals surface area contributed by atoms with E-state index in [1.807, 2.05) is 0 Å². The molecule has 2 heteroatoms. The second-order valence-corrected chi connectivity index (χ2v) is 12.6. The van der Waals surface area contributed by atoms with E-state index in [0.717, 1.165) is 16.4 Å². The third-order valence-electron chi connectivity index (χ3n) is 7.18. The van der Waals surface area contributed by atoms with Crippen LogP contribution in [0.1, 0.15) is 33.4 Å². The molecule has 5 aromatic rings. The SMILES string of the molecule is Cc1ccc(C)c(P(=O)(Cc2c(C)ccc3ccccc23)Cc2c(C)ccc3ccccc23)c1. The molecule has 5 rings (SSSR count). The fourth-order valence-corrected chi connectivity index (χ4v) is 8.68. The highest BCUT2D eigenvalue weighted by molar-refractivity contribution is 7.70. The Balaban J connectivity index is 1.74. The van der Waals surface area contributed by atoms with Crippen LogP contribution in [0.4, 0.5) is 0 Å². The molecule has 0 fully saturated rings. The summed E-state index contributed by atoms with van der Waals surface area (Å²) in [5.74, 6) is 0. The standard InChI is InChI=1S/C32H31OP/c1-22-13-14-25(4)32(19-22)34(33,20-30-23(2)15-17-26-9-5-7-11-28(26)30)21-31-24(3)16-18-27-10-6-8-12-29(27)31/h5-19H,20-21H2,1-4H3. The quantitative estimate of drug-likeness (QED) is 0.239. The highest BCUT2D eigenvalue weighted by atomic mass is 31.2. The summed E-state index contributed by atoms with van der Waals surface area (Å²) in [5.41, 5.74) is 7.10. The summed E-state index contributed by atoms with van der Waals surface area (Å²) >= 11 is 0. The first-order valence-electron chi connectivity index (χ1n) is 12.0. The maximum absolute atomic E-state index is 15.3. The van der Waals surface area contributed by atoms with Gasteiger partial charge in [0.25, 0.3) is 0 Å². The molecule has 5 aromatic carbocycles. The van der Waals surface area contributed by atoms with E-state index in [0.29, 0.717) is 12.3 Å². The Labute approximate surface area is 202 Å². The van der Waals surface area contributed by atoms with Gasteiger partial charge in [0.2, 0.25) is 0 Å². The molecule has 0 heterocycles. The Morgan fingerprint density at radius 2 is 1.03 bits per heavy atom. The topological polar surface area (TPSA) is 17.1 Å². The smallest absolute Gasteiger partial charge is 0.124 e. The number of fused-ring (bicyclic) bond motifs is 2. The van der Waals surface area contributed by atoms with Crippen molar-refractivity contribution in [3.05, 3.63) is 124 Å². The van der Waals surface area contributed by atoms with Gasteiger partial charge in [0.15, 0.2) is 0 Å². The molecule has 0 radical (unpaired) electrons. The fourth-order valence-electron chi connectivity index (χ4n) is 5.21. The van der Waals surface area contributed by atoms with Crippen molar-refractivity contribution in [2.75, 3.05) is 0 Å². The van der Waals surface area contributed by atoms with Gasteiger partial charge in [-0.05, 0) is 83.1 Å². The first kappa shape index (κ1) is 22.6. The molecule has 0 atom stereocenters. The lowest BCUT2D eigenvalue weighted by Gasteiger charge is -2.25. The molecule has 0 aliphatic rings. The van der Waals surface area contributed by atoms with E-state index >= 15 is 4.57 Å². The van der Waals surface area contributed by atoms with Gasteiger partial charge in [0, 0.05) is 17.6 Å². The highest BCUT2D eigenvalue weighted by Gasteiger charge is 2.30. The molecule has 0 aliphatic heterocycles. The van der Waals surface area contributed by atoms with Crippen LogP contribution >= 0.6 is 7.14 Å². The first-order chi connectivity index (χ1) is 16.4. The number of benzene rings is 5. The molecular weight excluding hydrogens is 431 g/mol. The maximum atomic E-state index is 15.3. The number of hydrogen-bond donors (Lipinski definition) is 0. The molecule has 0 bridgehead atoms. The van der Waals surface area contributed by atoms with Crippen molar-refractivity contribution in [1.82, 2.24) is 0 Å². The molecule has 0 N–H and O–H groups in total. The van der Waals surface area contributed by atoms with Crippen molar-refractivity contribution in [1.29, 1.82) is 0 Å². The van der Waals surface area contributed by atoms with E-state index < -0.39 is 7.14 Å². The van der Waals surface area contributed by atoms with Crippen LogP contribution in [-0.2, 0) is 16.9 Å². The van der Waals surface area contributed by atoms with Crippen LogP contribution in [0.5, 0.6) is 0 Å². The zero-order chi connectivity index (χ0) is 23.9. The summed E-state index contributed by atoms with van der Waals surface area (Å²) in [6.45, 7) is 8.50. The normalized spacial score (nSPS) is 11.9. The second-order valence-electron chi connectivity index (χ2n) is 9.66. The minimum Gasteiger partial charge on any atom is -0.318 e. The molecule has 0 saturated carbocycles. The summed E-state index contributed by atoms with van der Waals surface area (Å²) in [7, 11) is -2.84. The largest absolute Gasteiger partial charge is 0.318 e. The lowest BCUT2D eigenvalue weighted by Crippen LogP contribution is -2.14. The van der Waals surface area contributed by atoms with E-state index in [2.05, 4.69) is 119 Å². The molecule has 1 nitrogen and oxygen atoms in total. The van der Waals surface area contributed by atoms with Crippen LogP contribution < -0.4 is 5.30 Å². The third kappa shape index (κ3) is 4.10. The van der Waals surface area contributed by atoms with Crippen LogP contribution in [0.15, 0.2) is 91.0 Å². The molecule has 0 spiro atoms. The Morgan fingerprint density at radius 3 is 1.56 bits per heavy atom. The summed E-state index contributed by atoms with van der Waals surface area (Å²) in [6.07, 6.45) is 1.13. The summed E-state index contributed by atoms with van der Waals surface area (Å²) < 4.78 is 15.3. The molecular formula is C32H31OP. The van der Waals surface area contributed by atoms with Crippen molar-refractivity contribution in [2.24, 2.45) is 0 Å². The van der Waals surface area contributed by atoms with Gasteiger partial charge in [0.05, 0.1) is 0 Å². The van der Waals surface area contributed by atoms with Crippen LogP contribution in [0, 0.1) is 27.7 Å². The Bertz CT molecular complexity index is 1490. The van der Waals surface area contributed by atoms with Gasteiger partial charge < -0.3 is 4.57 Å². The van der Waals surface area contributed by atoms with Gasteiger partial charge >= 0.3 is 0 Å². The number of rotatable bonds is 5. The molecule has 0 amide bonds. The van der Waals surface area contributed by atoms with Gasteiger partial charge in [0.1, 0.15) is 7.14 Å². The summed E-state index contributed by atoms with van der Waals surface area (Å²) in [6, 6.07) is 32.1. The monoisotopic (exact) mass is 462 g/mol. The Kier molecular flexibility index (Phi) is 5.92. The average Bonchev–Trinajstić information content (AvgIpc) is 2.84. The summed E-state index contributed by atoms with van der Waals surface area (Å²) in [4.78, 5) is 0. The molecule has 0 unspecified atom stereocenters. The van der Waals surface area contributed by atoms with E-state index in [1.165, 1.54) is 43.8 Å². The van der Waals surface area contributed by atoms with E-state index in [9.17, 15) is 0 Å². The van der Waals surface area contributed by atoms with Crippen molar-refractivity contribution in [3.8, 4) is 0 Å². The van der Waals surface area contributed by atoms with E-state index in [4.69, 9.17) is 0 Å². The third-order valence-corrected chi connectivity index (χ3v) is 10.2. The maximum Gasteiger partial charge on any atom is 0.124 e. The van der Waals surface area contributed by atoms with Crippen molar-refractivity contribution >= 4 is 34.0 Å². The van der Waals surface area contributed by atoms with Crippen LogP contribution in [0.25, 0.3) is 21.5 Å². The van der Waals surface area contributed by atoms with Crippen LogP contribution in [0.2, 0.25) is 0 Å². The molecule has 0 saturated heterocycles. The first-order valence-corrected chi connectivity index (χ1v) is 14.0. The number of hydrogen-bond acceptors (Lipinski definition) is 1. The second kappa shape index (κ2) is 8.90. The molecule has 0 aromatic heterocycles. The predicted molar refractivity (Wildman–Crippen MR) is 148 cm³/mol. The minimum atomic E-state index is -2.84. The van der Waals surface area contributed by atoms with Crippen LogP contribution in [-0.4, -0.2) is 0 Å². The lowest BCUT2D eigenvalue weighted by atomic mass is 10.0. The molecule has 0 aliphatic carbocycles. The predicted octanol–water partition coefficient (Wildman–Crippen LogP) is 8.62. The minimum absolute atomic E-state index is 0.563. The van der Waals surface area contributed by atoms with Gasteiger partial charge in [-0.1, -0.05) is 90.5 Å². The van der Waals surface area contributed by atoms with Crippen molar-refractivity contribution in [3.63, 3.8) is 0 Å². The van der Waals surface area contributed by atoms with Gasteiger partial charge in [-0.25, -0.2) is 0 Å². The lowest BCUT2D eigenvalue weighted by molar-refractivity contribution is 0.579. The summed E-state index contributed by atoms with van der Waals surface area (Å²) in [5, 5.41) is 5.85. The molecule has 34 heavy (non-hydrogen) atoms. The Morgan fingerprint density at radius 1 is 0.559 bits per heavy atom. The average molecular weight is 463 g/mol. The molecule has 170 valence electrons. The van der Waals surface area contributed by atoms with Crippen molar-refractivity contribution < 1.29 is 4.57 Å². The van der Waals surface area contributed by atoms with Gasteiger partial charge in [-0.3, -0.25) is 0 Å². The number of aryl methyl sites for hydroxylation is 4. The van der Waals surface area contributed by atoms with Gasteiger partial charge in [-0.2, -0.15) is 0 Å². The Hall–Kier alpha value is -3.15. The van der Waals surface area contributed by atoms with Crippen molar-refractivity contribution in [2.45, 2.75) is 40.0 Å². The van der Waals surface area contributed by atoms with Crippen LogP contribution in [0.3, 0.4) is 0 Å². The zero-order valence-electron chi connectivity index (χ0n) is 20.4. The highest BCUT2D eigenvalue weighted by Crippen LogP contribution is 2.54. The van der Waals surface area contributed by atoms with E-state index in [1.54, 1.807) is 0 Å². The zero-order valence-corrected chi connectivity index (χ0v) is 21.3. The fraction of sp³-hybridized carbons (Fsp3) is 0.188. The van der Waals surface area contributed by atoms with E-state index in [-0.39, 0.29) is 0 Å².